The number of nitrogens with zero attached hydrogens (tertiary/aromatic N) is 1. The van der Waals surface area contributed by atoms with Crippen molar-refractivity contribution in [2.75, 3.05) is 32.8 Å². The van der Waals surface area contributed by atoms with Gasteiger partial charge in [-0.1, -0.05) is 70.7 Å². The van der Waals surface area contributed by atoms with Crippen LogP contribution in [0.25, 0.3) is 0 Å². The van der Waals surface area contributed by atoms with Gasteiger partial charge in [0.05, 0.1) is 6.61 Å². The van der Waals surface area contributed by atoms with Crippen molar-refractivity contribution in [2.24, 2.45) is 17.8 Å². The van der Waals surface area contributed by atoms with Gasteiger partial charge in [-0.2, -0.15) is 0 Å². The lowest BCUT2D eigenvalue weighted by molar-refractivity contribution is -0.152. The van der Waals surface area contributed by atoms with Crippen molar-refractivity contribution in [3.8, 4) is 11.5 Å². The van der Waals surface area contributed by atoms with Crippen LogP contribution >= 0.6 is 24.8 Å². The highest BCUT2D eigenvalue weighted by Gasteiger charge is 2.55. The van der Waals surface area contributed by atoms with Crippen LogP contribution in [0.5, 0.6) is 11.5 Å². The highest BCUT2D eigenvalue weighted by molar-refractivity contribution is 5.85. The number of hydrogen-bond donors (Lipinski definition) is 1. The molecule has 0 unspecified atom stereocenters. The van der Waals surface area contributed by atoms with Crippen molar-refractivity contribution < 1.29 is 32.2 Å². The zero-order chi connectivity index (χ0) is 34.5. The second kappa shape index (κ2) is 18.2. The van der Waals surface area contributed by atoms with E-state index in [4.69, 9.17) is 14.2 Å². The lowest BCUT2D eigenvalue weighted by Crippen LogP contribution is -2.33. The minimum atomic E-state index is -1.16. The number of carbonyl (C=O) groups is 1. The number of piperidine rings is 1. The number of likely N-dealkylation sites (tertiary alicyclic amines) is 1. The predicted molar refractivity (Wildman–Crippen MR) is 198 cm³/mol. The number of nitrogens with one attached hydrogen (secondary N) is 1. The van der Waals surface area contributed by atoms with Crippen LogP contribution < -0.4 is 14.8 Å². The van der Waals surface area contributed by atoms with Crippen LogP contribution in [-0.2, 0) is 27.9 Å². The minimum Gasteiger partial charge on any atom is -0.492 e. The largest absolute Gasteiger partial charge is 0.492 e. The van der Waals surface area contributed by atoms with Crippen LogP contribution in [0.3, 0.4) is 0 Å². The highest BCUT2D eigenvalue weighted by Crippen LogP contribution is 2.46. The summed E-state index contributed by atoms with van der Waals surface area (Å²) in [6.45, 7) is 9.98. The molecule has 1 heterocycles. The van der Waals surface area contributed by atoms with Gasteiger partial charge in [0.25, 0.3) is 0 Å². The molecule has 3 aromatic rings. The summed E-state index contributed by atoms with van der Waals surface area (Å²) < 4.78 is 58.8. The Morgan fingerprint density at radius 3 is 2.14 bits per heavy atom. The van der Waals surface area contributed by atoms with E-state index < -0.39 is 23.6 Å². The maximum absolute atomic E-state index is 14.0. The van der Waals surface area contributed by atoms with Crippen molar-refractivity contribution in [1.29, 1.82) is 0 Å². The second-order valence-corrected chi connectivity index (χ2v) is 15.0. The molecule has 0 radical (unpaired) electrons. The highest BCUT2D eigenvalue weighted by atomic mass is 35.5. The SMILES string of the molecule is CC(C)(C)c1ccc(O[C@@H](Cc2ccc(OCCN[C@H]3[C@@H]4CN(Cc5cc(F)c(F)cc5F)C[C@@H]43)cc2)C(=O)OCCC2CCCC2)cc1.Cl.Cl. The zero-order valence-electron chi connectivity index (χ0n) is 29.7. The lowest BCUT2D eigenvalue weighted by Gasteiger charge is -2.21. The van der Waals surface area contributed by atoms with Gasteiger partial charge in [0.15, 0.2) is 17.7 Å². The van der Waals surface area contributed by atoms with Gasteiger partial charge in [-0.15, -0.1) is 24.8 Å². The first kappa shape index (κ1) is 40.8. The van der Waals surface area contributed by atoms with Gasteiger partial charge in [0, 0.05) is 50.3 Å². The quantitative estimate of drug-likeness (QED) is 0.0956. The molecule has 1 N–H and O–H groups in total. The van der Waals surface area contributed by atoms with Gasteiger partial charge in [-0.3, -0.25) is 4.90 Å². The number of benzene rings is 3. The fourth-order valence-electron chi connectivity index (χ4n) is 7.39. The van der Waals surface area contributed by atoms with Crippen molar-refractivity contribution in [3.05, 3.63) is 94.8 Å². The van der Waals surface area contributed by atoms with Crippen LogP contribution in [0.2, 0.25) is 0 Å². The molecule has 1 aliphatic heterocycles. The average molecular weight is 752 g/mol. The minimum absolute atomic E-state index is 0. The first-order chi connectivity index (χ1) is 23.5. The molecule has 4 atom stereocenters. The van der Waals surface area contributed by atoms with Crippen molar-refractivity contribution >= 4 is 30.8 Å². The average Bonchev–Trinajstić information content (AvgIpc) is 3.40. The summed E-state index contributed by atoms with van der Waals surface area (Å²) in [5.41, 5.74) is 2.36. The number of ether oxygens (including phenoxy) is 3. The van der Waals surface area contributed by atoms with E-state index in [1.807, 2.05) is 48.5 Å². The van der Waals surface area contributed by atoms with Crippen LogP contribution in [-0.4, -0.2) is 55.9 Å². The van der Waals surface area contributed by atoms with E-state index in [1.165, 1.54) is 31.2 Å². The number of hydrogen-bond acceptors (Lipinski definition) is 6. The van der Waals surface area contributed by atoms with Crippen molar-refractivity contribution in [1.82, 2.24) is 10.2 Å². The summed E-state index contributed by atoms with van der Waals surface area (Å²) in [4.78, 5) is 15.3. The molecule has 1 saturated heterocycles. The number of fused-ring (bicyclic) bond motifs is 1. The molecular weight excluding hydrogens is 700 g/mol. The second-order valence-electron chi connectivity index (χ2n) is 15.0. The molecule has 3 aromatic carbocycles. The third kappa shape index (κ3) is 11.0. The third-order valence-electron chi connectivity index (χ3n) is 10.4. The molecule has 3 aliphatic rings. The molecule has 51 heavy (non-hydrogen) atoms. The molecule has 0 aromatic heterocycles. The van der Waals surface area contributed by atoms with E-state index in [0.717, 1.165) is 36.9 Å². The van der Waals surface area contributed by atoms with Crippen LogP contribution in [0.15, 0.2) is 60.7 Å². The molecule has 6 nitrogen and oxygen atoms in total. The van der Waals surface area contributed by atoms with E-state index in [0.29, 0.717) is 61.8 Å². The number of rotatable bonds is 15. The summed E-state index contributed by atoms with van der Waals surface area (Å²) in [5.74, 6) is -0.258. The first-order valence-corrected chi connectivity index (χ1v) is 17.8. The molecule has 6 rings (SSSR count). The number of esters is 1. The Hall–Kier alpha value is -2.98. The summed E-state index contributed by atoms with van der Waals surface area (Å²) in [6.07, 6.45) is 5.50. The third-order valence-corrected chi connectivity index (χ3v) is 10.4. The van der Waals surface area contributed by atoms with Crippen LogP contribution in [0.1, 0.15) is 69.6 Å². The van der Waals surface area contributed by atoms with E-state index in [-0.39, 0.29) is 48.3 Å². The Kier molecular flexibility index (Phi) is 14.5. The Labute approximate surface area is 312 Å². The molecule has 11 heteroatoms. The van der Waals surface area contributed by atoms with Gasteiger partial charge in [0.2, 0.25) is 0 Å². The Bertz CT molecular complexity index is 1550. The topological polar surface area (TPSA) is 60.0 Å². The zero-order valence-corrected chi connectivity index (χ0v) is 31.3. The number of halogens is 5. The molecular formula is C40H51Cl2F3N2O4. The van der Waals surface area contributed by atoms with Gasteiger partial charge >= 0.3 is 5.97 Å². The molecule has 0 spiro atoms. The molecule has 3 fully saturated rings. The van der Waals surface area contributed by atoms with Crippen molar-refractivity contribution in [3.63, 3.8) is 0 Å². The fourth-order valence-corrected chi connectivity index (χ4v) is 7.39. The van der Waals surface area contributed by atoms with Crippen LogP contribution in [0.4, 0.5) is 13.2 Å². The van der Waals surface area contributed by atoms with Gasteiger partial charge < -0.3 is 19.5 Å². The first-order valence-electron chi connectivity index (χ1n) is 17.8. The summed E-state index contributed by atoms with van der Waals surface area (Å²) in [7, 11) is 0. The van der Waals surface area contributed by atoms with E-state index in [2.05, 4.69) is 31.0 Å². The summed E-state index contributed by atoms with van der Waals surface area (Å²) in [6, 6.07) is 17.7. The molecule has 280 valence electrons. The summed E-state index contributed by atoms with van der Waals surface area (Å²) in [5, 5.41) is 3.56. The predicted octanol–water partition coefficient (Wildman–Crippen LogP) is 8.46. The Morgan fingerprint density at radius 2 is 1.49 bits per heavy atom. The van der Waals surface area contributed by atoms with Crippen LogP contribution in [0, 0.1) is 35.2 Å². The number of carbonyl (C=O) groups excluding carboxylic acids is 1. The van der Waals surface area contributed by atoms with Crippen molar-refractivity contribution in [2.45, 2.75) is 83.4 Å². The fraction of sp³-hybridized carbons (Fsp3) is 0.525. The monoisotopic (exact) mass is 750 g/mol. The molecule has 0 amide bonds. The molecule has 2 aliphatic carbocycles. The van der Waals surface area contributed by atoms with Gasteiger partial charge in [-0.25, -0.2) is 18.0 Å². The van der Waals surface area contributed by atoms with Gasteiger partial charge in [-0.05, 0) is 71.0 Å². The van der Waals surface area contributed by atoms with Gasteiger partial charge in [0.1, 0.15) is 23.9 Å². The maximum atomic E-state index is 14.0. The Balaban J connectivity index is 0.00000292. The van der Waals surface area contributed by atoms with E-state index in [9.17, 15) is 18.0 Å². The van der Waals surface area contributed by atoms with E-state index in [1.54, 1.807) is 0 Å². The van der Waals surface area contributed by atoms with E-state index >= 15 is 0 Å². The maximum Gasteiger partial charge on any atom is 0.347 e. The smallest absolute Gasteiger partial charge is 0.347 e. The standard InChI is InChI=1S/C40H49F3N2O4.2ClH/c1-40(2,3)29-10-14-31(15-11-29)49-37(39(46)48-18-16-26-6-4-5-7-26)20-27-8-12-30(13-9-27)47-19-17-44-38-32-24-45(25-33(32)38)23-28-21-35(42)36(43)22-34(28)41;;/h8-15,21-22,26,32-33,37-38,44H,4-7,16-20,23-25H2,1-3H3;2*1H/t32-,33+,37-,38+;;/m0../s1. The molecule has 2 saturated carbocycles. The lowest BCUT2D eigenvalue weighted by atomic mass is 9.87. The Morgan fingerprint density at radius 1 is 0.863 bits per heavy atom. The normalized spacial score (nSPS) is 20.5. The molecule has 0 bridgehead atoms. The summed E-state index contributed by atoms with van der Waals surface area (Å²) >= 11 is 0.